The van der Waals surface area contributed by atoms with E-state index in [0.717, 1.165) is 0 Å². The van der Waals surface area contributed by atoms with Crippen molar-refractivity contribution in [3.8, 4) is 0 Å². The summed E-state index contributed by atoms with van der Waals surface area (Å²) in [5.41, 5.74) is 0. The number of hydrogen-bond donors (Lipinski definition) is 0. The Morgan fingerprint density at radius 2 is 2.50 bits per heavy atom. The third-order valence-electron chi connectivity index (χ3n) is 0.261. The summed E-state index contributed by atoms with van der Waals surface area (Å²) >= 11 is 6.52. The third kappa shape index (κ3) is 4.56. The van der Waals surface area contributed by atoms with Crippen molar-refractivity contribution in [2.75, 3.05) is 12.4 Å². The van der Waals surface area contributed by atoms with Crippen molar-refractivity contribution >= 4 is 15.8 Å². The quantitative estimate of drug-likeness (QED) is 0.518. The number of halogens is 1. The summed E-state index contributed by atoms with van der Waals surface area (Å²) < 4.78 is 2.69. The molecule has 0 atom stereocenters. The Balaban J connectivity index is 2.86. The van der Waals surface area contributed by atoms with E-state index in [1.807, 2.05) is 0 Å². The molecule has 0 aromatic carbocycles. The van der Waals surface area contributed by atoms with Crippen molar-refractivity contribution < 1.29 is 19.4 Å². The summed E-state index contributed by atoms with van der Waals surface area (Å²) in [5.74, 6) is 0.611. The number of alkyl halides is 1. The monoisotopic (exact) mass is 273 g/mol. The summed E-state index contributed by atoms with van der Waals surface area (Å²) in [7, 11) is 0. The van der Waals surface area contributed by atoms with Gasteiger partial charge in [-0.1, -0.05) is 0 Å². The van der Waals surface area contributed by atoms with Crippen LogP contribution in [0.2, 0.25) is 0 Å². The molecule has 0 saturated carbocycles. The topological polar surface area (TPSA) is 12.4 Å². The van der Waals surface area contributed by atoms with E-state index >= 15 is 0 Å². The van der Waals surface area contributed by atoms with Gasteiger partial charge in [0.25, 0.3) is 0 Å². The van der Waals surface area contributed by atoms with Gasteiger partial charge in [-0.05, 0) is 0 Å². The van der Waals surface area contributed by atoms with Gasteiger partial charge in [0.05, 0.1) is 0 Å². The molecule has 0 saturated heterocycles. The normalized spacial score (nSPS) is 6.83. The third-order valence-corrected chi connectivity index (χ3v) is 0.894. The Kier molecular flexibility index (Phi) is 6.08. The summed E-state index contributed by atoms with van der Waals surface area (Å²) in [6, 6.07) is 0. The van der Waals surface area contributed by atoms with Gasteiger partial charge >= 0.3 is 52.6 Å². The van der Waals surface area contributed by atoms with Crippen LogP contribution in [0, 0.1) is 0 Å². The molecule has 0 bridgehead atoms. The Morgan fingerprint density at radius 3 is 2.67 bits per heavy atom. The van der Waals surface area contributed by atoms with Crippen LogP contribution in [-0.4, -0.2) is 16.6 Å². The summed E-state index contributed by atoms with van der Waals surface area (Å²) in [6.07, 6.45) is 0. The number of rotatable bonds is 2. The van der Waals surface area contributed by atoms with Crippen LogP contribution in [-0.2, 0) is 19.4 Å². The molecule has 1 nitrogen and oxygen atoms in total. The minimum absolute atomic E-state index is 0.611. The Bertz CT molecular complexity index is 67.2. The average Bonchev–Trinajstić information content (AvgIpc) is 1.61. The van der Waals surface area contributed by atoms with Crippen molar-refractivity contribution in [3.05, 3.63) is 0 Å². The predicted octanol–water partition coefficient (Wildman–Crippen LogP) is 0.677. The van der Waals surface area contributed by atoms with E-state index in [-0.39, 0.29) is 0 Å². The van der Waals surface area contributed by atoms with Gasteiger partial charge in [-0.2, -0.15) is 0 Å². The van der Waals surface area contributed by atoms with Crippen molar-refractivity contribution in [2.45, 2.75) is 0 Å². The molecular formula is C3H4ClNW. The van der Waals surface area contributed by atoms with Gasteiger partial charge < -0.3 is 0 Å². The molecule has 0 N–H and O–H groups in total. The Morgan fingerprint density at radius 1 is 1.83 bits per heavy atom. The van der Waals surface area contributed by atoms with Crippen LogP contribution in [0.15, 0.2) is 4.99 Å². The van der Waals surface area contributed by atoms with Crippen LogP contribution in [0.4, 0.5) is 0 Å². The second-order valence-electron chi connectivity index (χ2n) is 0.662. The zero-order valence-corrected chi connectivity index (χ0v) is 6.84. The van der Waals surface area contributed by atoms with E-state index in [4.69, 9.17) is 11.6 Å². The molecule has 6 heavy (non-hydrogen) atoms. The molecule has 3 heteroatoms. The number of nitrogens with zero attached hydrogens (tertiary/aromatic N) is 1. The summed E-state index contributed by atoms with van der Waals surface area (Å²) in [6.45, 7) is 0.713. The van der Waals surface area contributed by atoms with E-state index in [1.54, 1.807) is 0 Å². The first kappa shape index (κ1) is 6.56. The van der Waals surface area contributed by atoms with E-state index in [1.165, 1.54) is 19.4 Å². The van der Waals surface area contributed by atoms with E-state index in [2.05, 4.69) is 9.19 Å². The molecule has 0 amide bonds. The van der Waals surface area contributed by atoms with E-state index < -0.39 is 0 Å². The SMILES string of the molecule is ClCCN=[C]=[W]. The molecule has 34 valence electrons. The first-order valence-electron chi connectivity index (χ1n) is 1.51. The van der Waals surface area contributed by atoms with Gasteiger partial charge in [-0.25, -0.2) is 0 Å². The van der Waals surface area contributed by atoms with Crippen LogP contribution in [0.25, 0.3) is 0 Å². The van der Waals surface area contributed by atoms with Crippen LogP contribution in [0.1, 0.15) is 0 Å². The number of aliphatic imine (C=N–C) groups is 1. The molecule has 0 aliphatic carbocycles. The fourth-order valence-corrected chi connectivity index (χ4v) is 0.500. The molecule has 0 spiro atoms. The van der Waals surface area contributed by atoms with Gasteiger partial charge in [-0.15, -0.1) is 0 Å². The van der Waals surface area contributed by atoms with Gasteiger partial charge in [0.15, 0.2) is 0 Å². The van der Waals surface area contributed by atoms with Crippen molar-refractivity contribution in [1.82, 2.24) is 0 Å². The van der Waals surface area contributed by atoms with Gasteiger partial charge in [0.2, 0.25) is 0 Å². The maximum absolute atomic E-state index is 5.26. The maximum atomic E-state index is 5.26. The zero-order chi connectivity index (χ0) is 4.83. The average molecular weight is 273 g/mol. The Hall–Kier alpha value is 0.558. The fourth-order valence-electron chi connectivity index (χ4n) is 0.0879. The number of hydrogen-bond acceptors (Lipinski definition) is 1. The van der Waals surface area contributed by atoms with Crippen LogP contribution < -0.4 is 0 Å². The molecule has 0 unspecified atom stereocenters. The van der Waals surface area contributed by atoms with Gasteiger partial charge in [0.1, 0.15) is 0 Å². The molecule has 0 radical (unpaired) electrons. The fraction of sp³-hybridized carbons (Fsp3) is 0.667. The zero-order valence-electron chi connectivity index (χ0n) is 3.15. The second-order valence-corrected chi connectivity index (χ2v) is 1.70. The van der Waals surface area contributed by atoms with Crippen LogP contribution in [0.3, 0.4) is 0 Å². The van der Waals surface area contributed by atoms with Gasteiger partial charge in [-0.3, -0.25) is 0 Å². The second kappa shape index (κ2) is 5.56. The molecule has 0 rings (SSSR count). The molecule has 0 fully saturated rings. The van der Waals surface area contributed by atoms with E-state index in [9.17, 15) is 0 Å². The standard InChI is InChI=1S/C3H4ClN.W/c1-5-3-2-4;/h2-3H2;. The van der Waals surface area contributed by atoms with Crippen LogP contribution >= 0.6 is 11.6 Å². The first-order chi connectivity index (χ1) is 2.91. The first-order valence-corrected chi connectivity index (χ1v) is 3.51. The molecule has 0 aliphatic rings. The van der Waals surface area contributed by atoms with E-state index in [0.29, 0.717) is 12.4 Å². The molecule has 0 heterocycles. The molecular weight excluding hydrogens is 269 g/mol. The molecule has 0 aromatic rings. The molecule has 0 aliphatic heterocycles. The summed E-state index contributed by atoms with van der Waals surface area (Å²) in [5, 5.41) is 0. The van der Waals surface area contributed by atoms with Gasteiger partial charge in [0, 0.05) is 0 Å². The Labute approximate surface area is 52.8 Å². The van der Waals surface area contributed by atoms with Crippen molar-refractivity contribution in [1.29, 1.82) is 0 Å². The van der Waals surface area contributed by atoms with Crippen molar-refractivity contribution in [2.24, 2.45) is 4.99 Å². The molecule has 0 aromatic heterocycles. The minimum atomic E-state index is 0.611. The van der Waals surface area contributed by atoms with Crippen LogP contribution in [0.5, 0.6) is 0 Å². The predicted molar refractivity (Wildman–Crippen MR) is 23.0 cm³/mol. The van der Waals surface area contributed by atoms with Crippen molar-refractivity contribution in [3.63, 3.8) is 0 Å². The summed E-state index contributed by atoms with van der Waals surface area (Å²) in [4.78, 5) is 3.75.